The second-order valence-corrected chi connectivity index (χ2v) is 6.63. The van der Waals surface area contributed by atoms with Gasteiger partial charge in [0.15, 0.2) is 0 Å². The Kier molecular flexibility index (Phi) is 4.62. The van der Waals surface area contributed by atoms with Gasteiger partial charge in [-0.2, -0.15) is 5.10 Å². The van der Waals surface area contributed by atoms with E-state index in [9.17, 15) is 9.59 Å². The smallest absolute Gasteiger partial charge is 0.261 e. The molecule has 140 valence electrons. The SMILES string of the molecule is Cc1cccc2c(=O)n(CC(=O)Nc3cc(Cl)ccc3-n3cncn3)cnc12. The Hall–Kier alpha value is -3.52. The lowest BCUT2D eigenvalue weighted by Gasteiger charge is -2.12. The number of carbonyl (C=O) groups excluding carboxylic acids is 1. The molecule has 0 unspecified atom stereocenters. The maximum Gasteiger partial charge on any atom is 0.261 e. The standard InChI is InChI=1S/C19H15ClN6O2/c1-12-3-2-4-14-18(12)22-11-25(19(14)28)8-17(27)24-15-7-13(20)5-6-16(15)26-10-21-9-23-26/h2-7,9-11H,8H2,1H3,(H,24,27). The Morgan fingerprint density at radius 3 is 2.86 bits per heavy atom. The Morgan fingerprint density at radius 1 is 1.21 bits per heavy atom. The van der Waals surface area contributed by atoms with E-state index < -0.39 is 0 Å². The molecule has 2 aromatic heterocycles. The number of aryl methyl sites for hydroxylation is 1. The van der Waals surface area contributed by atoms with Crippen molar-refractivity contribution in [1.29, 1.82) is 0 Å². The van der Waals surface area contributed by atoms with Crippen LogP contribution in [-0.2, 0) is 11.3 Å². The molecule has 0 radical (unpaired) electrons. The summed E-state index contributed by atoms with van der Waals surface area (Å²) >= 11 is 6.07. The first-order chi connectivity index (χ1) is 13.5. The highest BCUT2D eigenvalue weighted by molar-refractivity contribution is 6.31. The molecule has 28 heavy (non-hydrogen) atoms. The lowest BCUT2D eigenvalue weighted by Crippen LogP contribution is -2.28. The fourth-order valence-corrected chi connectivity index (χ4v) is 3.11. The van der Waals surface area contributed by atoms with Crippen molar-refractivity contribution in [2.75, 3.05) is 5.32 Å². The quantitative estimate of drug-likeness (QED) is 0.574. The van der Waals surface area contributed by atoms with Crippen LogP contribution in [0.25, 0.3) is 16.6 Å². The minimum Gasteiger partial charge on any atom is -0.323 e. The molecule has 0 spiro atoms. The van der Waals surface area contributed by atoms with Crippen molar-refractivity contribution in [3.05, 3.63) is 76.3 Å². The average molecular weight is 395 g/mol. The van der Waals surface area contributed by atoms with E-state index in [0.717, 1.165) is 5.56 Å². The van der Waals surface area contributed by atoms with Gasteiger partial charge in [-0.1, -0.05) is 23.7 Å². The third-order valence-corrected chi connectivity index (χ3v) is 4.50. The van der Waals surface area contributed by atoms with Gasteiger partial charge in [0.25, 0.3) is 5.56 Å². The van der Waals surface area contributed by atoms with E-state index >= 15 is 0 Å². The number of benzene rings is 2. The lowest BCUT2D eigenvalue weighted by molar-refractivity contribution is -0.116. The second kappa shape index (κ2) is 7.24. The van der Waals surface area contributed by atoms with Gasteiger partial charge in [0.2, 0.25) is 5.91 Å². The number of aromatic nitrogens is 5. The van der Waals surface area contributed by atoms with Crippen molar-refractivity contribution in [1.82, 2.24) is 24.3 Å². The third-order valence-electron chi connectivity index (χ3n) is 4.27. The summed E-state index contributed by atoms with van der Waals surface area (Å²) < 4.78 is 2.79. The molecule has 4 rings (SSSR count). The molecule has 0 aliphatic rings. The van der Waals surface area contributed by atoms with E-state index in [-0.39, 0.29) is 18.0 Å². The van der Waals surface area contributed by atoms with Gasteiger partial charge >= 0.3 is 0 Å². The van der Waals surface area contributed by atoms with Crippen LogP contribution in [0.15, 0.2) is 60.2 Å². The maximum atomic E-state index is 12.7. The summed E-state index contributed by atoms with van der Waals surface area (Å²) in [7, 11) is 0. The molecule has 4 aromatic rings. The first kappa shape index (κ1) is 17.9. The number of nitrogens with one attached hydrogen (secondary N) is 1. The predicted octanol–water partition coefficient (Wildman–Crippen LogP) is 2.58. The summed E-state index contributed by atoms with van der Waals surface area (Å²) in [6.45, 7) is 1.70. The van der Waals surface area contributed by atoms with E-state index in [1.165, 1.54) is 28.2 Å². The van der Waals surface area contributed by atoms with Gasteiger partial charge in [-0.15, -0.1) is 0 Å². The summed E-state index contributed by atoms with van der Waals surface area (Å²) in [6, 6.07) is 10.4. The molecule has 0 atom stereocenters. The number of nitrogens with zero attached hydrogens (tertiary/aromatic N) is 5. The Labute approximate surface area is 164 Å². The molecule has 2 heterocycles. The number of anilines is 1. The first-order valence-electron chi connectivity index (χ1n) is 8.42. The third kappa shape index (κ3) is 3.37. The van der Waals surface area contributed by atoms with Crippen LogP contribution in [0.4, 0.5) is 5.69 Å². The van der Waals surface area contributed by atoms with Gasteiger partial charge in [0.1, 0.15) is 19.2 Å². The molecule has 2 aromatic carbocycles. The Morgan fingerprint density at radius 2 is 2.07 bits per heavy atom. The maximum absolute atomic E-state index is 12.7. The molecule has 1 N–H and O–H groups in total. The number of carbonyl (C=O) groups is 1. The molecule has 0 bridgehead atoms. The van der Waals surface area contributed by atoms with Crippen LogP contribution >= 0.6 is 11.6 Å². The van der Waals surface area contributed by atoms with Gasteiger partial charge in [0.05, 0.1) is 28.6 Å². The second-order valence-electron chi connectivity index (χ2n) is 6.20. The van der Waals surface area contributed by atoms with Crippen LogP contribution in [-0.4, -0.2) is 30.2 Å². The highest BCUT2D eigenvalue weighted by Gasteiger charge is 2.13. The number of para-hydroxylation sites is 1. The van der Waals surface area contributed by atoms with Crippen LogP contribution in [0.5, 0.6) is 0 Å². The summed E-state index contributed by atoms with van der Waals surface area (Å²) in [5.41, 5.74) is 2.33. The number of fused-ring (bicyclic) bond motifs is 1. The van der Waals surface area contributed by atoms with E-state index in [1.807, 2.05) is 13.0 Å². The molecular weight excluding hydrogens is 380 g/mol. The normalized spacial score (nSPS) is 10.9. The van der Waals surface area contributed by atoms with Crippen molar-refractivity contribution >= 4 is 34.1 Å². The van der Waals surface area contributed by atoms with Crippen molar-refractivity contribution in [3.8, 4) is 5.69 Å². The largest absolute Gasteiger partial charge is 0.323 e. The van der Waals surface area contributed by atoms with Crippen LogP contribution in [0.3, 0.4) is 0 Å². The number of hydrogen-bond donors (Lipinski definition) is 1. The zero-order valence-corrected chi connectivity index (χ0v) is 15.6. The van der Waals surface area contributed by atoms with E-state index in [1.54, 1.807) is 30.3 Å². The average Bonchev–Trinajstić information content (AvgIpc) is 3.19. The fourth-order valence-electron chi connectivity index (χ4n) is 2.94. The molecule has 0 aliphatic carbocycles. The van der Waals surface area contributed by atoms with Crippen molar-refractivity contribution in [2.24, 2.45) is 0 Å². The van der Waals surface area contributed by atoms with Gasteiger partial charge in [-0.25, -0.2) is 14.6 Å². The lowest BCUT2D eigenvalue weighted by atomic mass is 10.1. The molecule has 1 amide bonds. The van der Waals surface area contributed by atoms with Crippen LogP contribution in [0.1, 0.15) is 5.56 Å². The highest BCUT2D eigenvalue weighted by atomic mass is 35.5. The molecule has 0 fully saturated rings. The summed E-state index contributed by atoms with van der Waals surface area (Å²) in [5.74, 6) is -0.389. The minimum atomic E-state index is -0.389. The number of amides is 1. The van der Waals surface area contributed by atoms with Crippen LogP contribution < -0.4 is 10.9 Å². The summed E-state index contributed by atoms with van der Waals surface area (Å²) in [5, 5.41) is 7.78. The van der Waals surface area contributed by atoms with Gasteiger partial charge in [-0.05, 0) is 36.8 Å². The fraction of sp³-hybridized carbons (Fsp3) is 0.105. The number of rotatable bonds is 4. The zero-order valence-electron chi connectivity index (χ0n) is 14.8. The molecule has 9 heteroatoms. The van der Waals surface area contributed by atoms with Crippen LogP contribution in [0, 0.1) is 6.92 Å². The Bertz CT molecular complexity index is 1230. The molecular formula is C19H15ClN6O2. The molecule has 8 nitrogen and oxygen atoms in total. The van der Waals surface area contributed by atoms with Crippen molar-refractivity contribution in [2.45, 2.75) is 13.5 Å². The molecule has 0 saturated carbocycles. The Balaban J connectivity index is 1.63. The molecule has 0 aliphatic heterocycles. The van der Waals surface area contributed by atoms with Crippen molar-refractivity contribution < 1.29 is 4.79 Å². The van der Waals surface area contributed by atoms with Gasteiger partial charge in [-0.3, -0.25) is 14.2 Å². The number of halogens is 1. The number of hydrogen-bond acceptors (Lipinski definition) is 5. The monoisotopic (exact) mass is 394 g/mol. The van der Waals surface area contributed by atoms with E-state index in [0.29, 0.717) is 27.3 Å². The minimum absolute atomic E-state index is 0.182. The summed E-state index contributed by atoms with van der Waals surface area (Å²) in [6.07, 6.45) is 4.29. The predicted molar refractivity (Wildman–Crippen MR) is 106 cm³/mol. The first-order valence-corrected chi connectivity index (χ1v) is 8.80. The summed E-state index contributed by atoms with van der Waals surface area (Å²) in [4.78, 5) is 33.5. The van der Waals surface area contributed by atoms with Crippen LogP contribution in [0.2, 0.25) is 5.02 Å². The van der Waals surface area contributed by atoms with Crippen molar-refractivity contribution in [3.63, 3.8) is 0 Å². The topological polar surface area (TPSA) is 94.7 Å². The van der Waals surface area contributed by atoms with E-state index in [4.69, 9.17) is 11.6 Å². The molecule has 0 saturated heterocycles. The van der Waals surface area contributed by atoms with Gasteiger partial charge in [0, 0.05) is 5.02 Å². The zero-order chi connectivity index (χ0) is 19.7. The van der Waals surface area contributed by atoms with Gasteiger partial charge < -0.3 is 5.32 Å². The van der Waals surface area contributed by atoms with E-state index in [2.05, 4.69) is 20.4 Å². The highest BCUT2D eigenvalue weighted by Crippen LogP contribution is 2.24.